The molecule has 0 saturated heterocycles. The zero-order valence-electron chi connectivity index (χ0n) is 14.1. The Morgan fingerprint density at radius 3 is 2.70 bits per heavy atom. The van der Waals surface area contributed by atoms with Crippen LogP contribution in [0.1, 0.15) is 10.4 Å². The first-order valence-electron chi connectivity index (χ1n) is 8.24. The SMILES string of the molecule is O=C(O)Cc1cn2cc(-c3ccc(OCc4ccccc4)c(F)c3)nc2s1. The van der Waals surface area contributed by atoms with E-state index < -0.39 is 11.8 Å². The average molecular weight is 382 g/mol. The van der Waals surface area contributed by atoms with E-state index in [0.29, 0.717) is 27.7 Å². The predicted molar refractivity (Wildman–Crippen MR) is 101 cm³/mol. The maximum atomic E-state index is 14.4. The number of thiazole rings is 1. The zero-order valence-corrected chi connectivity index (χ0v) is 14.9. The molecule has 0 amide bonds. The summed E-state index contributed by atoms with van der Waals surface area (Å²) in [4.78, 5) is 16.6. The summed E-state index contributed by atoms with van der Waals surface area (Å²) in [6, 6.07) is 14.3. The lowest BCUT2D eigenvalue weighted by atomic mass is 10.1. The van der Waals surface area contributed by atoms with Gasteiger partial charge in [0, 0.05) is 22.8 Å². The summed E-state index contributed by atoms with van der Waals surface area (Å²) >= 11 is 1.31. The maximum Gasteiger partial charge on any atom is 0.308 e. The highest BCUT2D eigenvalue weighted by Gasteiger charge is 2.12. The van der Waals surface area contributed by atoms with Crippen LogP contribution in [0.2, 0.25) is 0 Å². The van der Waals surface area contributed by atoms with Crippen molar-refractivity contribution >= 4 is 22.3 Å². The van der Waals surface area contributed by atoms with Gasteiger partial charge in [-0.05, 0) is 23.8 Å². The molecule has 0 bridgehead atoms. The topological polar surface area (TPSA) is 63.8 Å². The summed E-state index contributed by atoms with van der Waals surface area (Å²) in [5.41, 5.74) is 2.22. The van der Waals surface area contributed by atoms with Gasteiger partial charge in [0.1, 0.15) is 6.61 Å². The van der Waals surface area contributed by atoms with E-state index in [4.69, 9.17) is 9.84 Å². The summed E-state index contributed by atoms with van der Waals surface area (Å²) < 4.78 is 21.7. The van der Waals surface area contributed by atoms with Gasteiger partial charge >= 0.3 is 5.97 Å². The van der Waals surface area contributed by atoms with Crippen LogP contribution in [0.25, 0.3) is 16.2 Å². The molecule has 1 N–H and O–H groups in total. The van der Waals surface area contributed by atoms with Crippen molar-refractivity contribution in [2.45, 2.75) is 13.0 Å². The van der Waals surface area contributed by atoms with Gasteiger partial charge in [-0.15, -0.1) is 11.3 Å². The lowest BCUT2D eigenvalue weighted by Gasteiger charge is -2.08. The number of carboxylic acids is 1. The summed E-state index contributed by atoms with van der Waals surface area (Å²) in [7, 11) is 0. The van der Waals surface area contributed by atoms with E-state index in [2.05, 4.69) is 4.98 Å². The summed E-state index contributed by atoms with van der Waals surface area (Å²) in [5.74, 6) is -1.15. The number of carboxylic acid groups (broad SMARTS) is 1. The number of hydrogen-bond donors (Lipinski definition) is 1. The molecular weight excluding hydrogens is 367 g/mol. The number of ether oxygens (including phenoxy) is 1. The van der Waals surface area contributed by atoms with Crippen LogP contribution in [0, 0.1) is 5.82 Å². The van der Waals surface area contributed by atoms with Crippen LogP contribution in [0.15, 0.2) is 60.9 Å². The van der Waals surface area contributed by atoms with Crippen molar-refractivity contribution in [3.05, 3.63) is 77.2 Å². The highest BCUT2D eigenvalue weighted by Crippen LogP contribution is 2.28. The first-order chi connectivity index (χ1) is 13.1. The number of hydrogen-bond acceptors (Lipinski definition) is 4. The molecule has 0 saturated carbocycles. The Balaban J connectivity index is 1.52. The monoisotopic (exact) mass is 382 g/mol. The number of imidazole rings is 1. The minimum atomic E-state index is -0.882. The highest BCUT2D eigenvalue weighted by molar-refractivity contribution is 7.17. The lowest BCUT2D eigenvalue weighted by Crippen LogP contribution is -1.97. The third-order valence-corrected chi connectivity index (χ3v) is 4.99. The van der Waals surface area contributed by atoms with Crippen molar-refractivity contribution < 1.29 is 19.0 Å². The van der Waals surface area contributed by atoms with Crippen LogP contribution < -0.4 is 4.74 Å². The van der Waals surface area contributed by atoms with Crippen LogP contribution in [0.4, 0.5) is 4.39 Å². The van der Waals surface area contributed by atoms with Gasteiger partial charge in [0.05, 0.1) is 12.1 Å². The van der Waals surface area contributed by atoms with Crippen molar-refractivity contribution in [2.75, 3.05) is 0 Å². The second kappa shape index (κ2) is 7.20. The fraction of sp³-hybridized carbons (Fsp3) is 0.100. The maximum absolute atomic E-state index is 14.4. The Morgan fingerprint density at radius 1 is 1.19 bits per heavy atom. The Hall–Kier alpha value is -3.19. The van der Waals surface area contributed by atoms with Gasteiger partial charge in [-0.1, -0.05) is 30.3 Å². The van der Waals surface area contributed by atoms with E-state index in [1.54, 1.807) is 28.9 Å². The Bertz CT molecular complexity index is 1070. The fourth-order valence-electron chi connectivity index (χ4n) is 2.73. The molecule has 136 valence electrons. The second-order valence-corrected chi connectivity index (χ2v) is 7.10. The molecule has 0 aliphatic carbocycles. The molecule has 0 aliphatic rings. The minimum Gasteiger partial charge on any atom is -0.486 e. The van der Waals surface area contributed by atoms with Crippen molar-refractivity contribution in [3.63, 3.8) is 0 Å². The Morgan fingerprint density at radius 2 is 2.00 bits per heavy atom. The first-order valence-corrected chi connectivity index (χ1v) is 9.06. The average Bonchev–Trinajstić information content (AvgIpc) is 3.19. The molecule has 7 heteroatoms. The van der Waals surface area contributed by atoms with E-state index in [9.17, 15) is 9.18 Å². The molecule has 27 heavy (non-hydrogen) atoms. The summed E-state index contributed by atoms with van der Waals surface area (Å²) in [5, 5.41) is 8.86. The summed E-state index contributed by atoms with van der Waals surface area (Å²) in [6.45, 7) is 0.295. The van der Waals surface area contributed by atoms with E-state index >= 15 is 0 Å². The molecule has 2 heterocycles. The van der Waals surface area contributed by atoms with Crippen LogP contribution in [0.3, 0.4) is 0 Å². The van der Waals surface area contributed by atoms with Gasteiger partial charge < -0.3 is 9.84 Å². The molecule has 0 aliphatic heterocycles. The number of benzene rings is 2. The van der Waals surface area contributed by atoms with Crippen LogP contribution in [-0.4, -0.2) is 20.5 Å². The quantitative estimate of drug-likeness (QED) is 0.537. The molecule has 2 aromatic heterocycles. The van der Waals surface area contributed by atoms with Crippen LogP contribution >= 0.6 is 11.3 Å². The number of aliphatic carboxylic acids is 1. The molecular formula is C20H15FN2O3S. The van der Waals surface area contributed by atoms with E-state index in [1.165, 1.54) is 17.4 Å². The smallest absolute Gasteiger partial charge is 0.308 e. The zero-order chi connectivity index (χ0) is 18.8. The van der Waals surface area contributed by atoms with Gasteiger partial charge in [0.2, 0.25) is 0 Å². The van der Waals surface area contributed by atoms with Crippen LogP contribution in [-0.2, 0) is 17.8 Å². The second-order valence-electron chi connectivity index (χ2n) is 6.00. The van der Waals surface area contributed by atoms with E-state index in [1.807, 2.05) is 30.3 Å². The molecule has 0 radical (unpaired) electrons. The predicted octanol–water partition coefficient (Wildman–Crippen LogP) is 4.41. The van der Waals surface area contributed by atoms with Crippen molar-refractivity contribution in [1.29, 1.82) is 0 Å². The minimum absolute atomic E-state index is 0.0363. The van der Waals surface area contributed by atoms with Gasteiger partial charge in [-0.25, -0.2) is 9.37 Å². The van der Waals surface area contributed by atoms with Gasteiger partial charge in [0.15, 0.2) is 16.5 Å². The highest BCUT2D eigenvalue weighted by atomic mass is 32.1. The number of nitrogens with zero attached hydrogens (tertiary/aromatic N) is 2. The molecule has 5 nitrogen and oxygen atoms in total. The first kappa shape index (κ1) is 17.2. The number of aromatic nitrogens is 2. The normalized spacial score (nSPS) is 11.0. The van der Waals surface area contributed by atoms with Crippen molar-refractivity contribution in [2.24, 2.45) is 0 Å². The molecule has 2 aromatic carbocycles. The third kappa shape index (κ3) is 3.83. The number of carbonyl (C=O) groups is 1. The lowest BCUT2D eigenvalue weighted by molar-refractivity contribution is -0.136. The fourth-order valence-corrected chi connectivity index (χ4v) is 3.68. The molecule has 4 rings (SSSR count). The van der Waals surface area contributed by atoms with Gasteiger partial charge in [-0.3, -0.25) is 9.20 Å². The third-order valence-electron chi connectivity index (χ3n) is 3.99. The van der Waals surface area contributed by atoms with Crippen LogP contribution in [0.5, 0.6) is 5.75 Å². The Labute approximate surface area is 158 Å². The van der Waals surface area contributed by atoms with Crippen molar-refractivity contribution in [1.82, 2.24) is 9.38 Å². The molecule has 0 unspecified atom stereocenters. The standard InChI is InChI=1S/C20H15FN2O3S/c21-16-8-14(6-7-18(16)26-12-13-4-2-1-3-5-13)17-11-23-10-15(9-19(24)25)27-20(23)22-17/h1-8,10-11H,9,12H2,(H,24,25). The van der Waals surface area contributed by atoms with Crippen molar-refractivity contribution in [3.8, 4) is 17.0 Å². The van der Waals surface area contributed by atoms with Gasteiger partial charge in [-0.2, -0.15) is 0 Å². The molecule has 0 atom stereocenters. The molecule has 0 fully saturated rings. The molecule has 0 spiro atoms. The number of fused-ring (bicyclic) bond motifs is 1. The van der Waals surface area contributed by atoms with E-state index in [0.717, 1.165) is 5.56 Å². The number of halogens is 1. The van der Waals surface area contributed by atoms with E-state index in [-0.39, 0.29) is 12.2 Å². The number of rotatable bonds is 6. The Kier molecular flexibility index (Phi) is 4.60. The summed E-state index contributed by atoms with van der Waals surface area (Å²) in [6.07, 6.45) is 3.46. The molecule has 4 aromatic rings. The van der Waals surface area contributed by atoms with Gasteiger partial charge in [0.25, 0.3) is 0 Å². The largest absolute Gasteiger partial charge is 0.486 e.